The third-order valence-corrected chi connectivity index (χ3v) is 6.91. The molecular weight excluding hydrogens is 436 g/mol. The average Bonchev–Trinajstić information content (AvgIpc) is 3.55. The maximum Gasteiger partial charge on any atom is 0.223 e. The summed E-state index contributed by atoms with van der Waals surface area (Å²) in [4.78, 5) is 30.7. The molecular formula is C24H26N6O2S. The highest BCUT2D eigenvalue weighted by atomic mass is 32.1. The molecule has 2 atom stereocenters. The van der Waals surface area contributed by atoms with Gasteiger partial charge in [-0.05, 0) is 25.0 Å². The Labute approximate surface area is 196 Å². The zero-order valence-electron chi connectivity index (χ0n) is 18.4. The van der Waals surface area contributed by atoms with Gasteiger partial charge >= 0.3 is 0 Å². The number of para-hydroxylation sites is 1. The molecule has 3 aromatic heterocycles. The van der Waals surface area contributed by atoms with Crippen molar-refractivity contribution in [2.24, 2.45) is 0 Å². The predicted molar refractivity (Wildman–Crippen MR) is 128 cm³/mol. The molecule has 0 aliphatic carbocycles. The molecule has 170 valence electrons. The molecule has 1 aliphatic heterocycles. The van der Waals surface area contributed by atoms with Crippen molar-refractivity contribution in [2.75, 3.05) is 20.2 Å². The van der Waals surface area contributed by atoms with Gasteiger partial charge in [-0.2, -0.15) is 0 Å². The first-order valence-electron chi connectivity index (χ1n) is 11.0. The minimum absolute atomic E-state index is 0.0194. The number of thiazole rings is 1. The van der Waals surface area contributed by atoms with Gasteiger partial charge in [0.2, 0.25) is 5.88 Å². The molecule has 0 unspecified atom stereocenters. The van der Waals surface area contributed by atoms with E-state index in [1.807, 2.05) is 42.0 Å². The summed E-state index contributed by atoms with van der Waals surface area (Å²) in [6.07, 6.45) is 6.47. The topological polar surface area (TPSA) is 96.0 Å². The van der Waals surface area contributed by atoms with E-state index < -0.39 is 0 Å². The van der Waals surface area contributed by atoms with Gasteiger partial charge in [0.25, 0.3) is 0 Å². The number of hydrogen-bond acceptors (Lipinski definition) is 8. The maximum absolute atomic E-state index is 11.3. The molecule has 33 heavy (non-hydrogen) atoms. The lowest BCUT2D eigenvalue weighted by Crippen LogP contribution is -2.45. The minimum atomic E-state index is 0.0194. The van der Waals surface area contributed by atoms with E-state index in [0.29, 0.717) is 18.5 Å². The Morgan fingerprint density at radius 2 is 2.24 bits per heavy atom. The summed E-state index contributed by atoms with van der Waals surface area (Å²) in [6, 6.07) is 10.4. The Hall–Kier alpha value is -3.14. The second-order valence-electron chi connectivity index (χ2n) is 8.13. The van der Waals surface area contributed by atoms with Crippen LogP contribution in [0.3, 0.4) is 0 Å². The number of aldehydes is 1. The van der Waals surface area contributed by atoms with Crippen molar-refractivity contribution in [3.63, 3.8) is 0 Å². The van der Waals surface area contributed by atoms with Crippen LogP contribution in [0.15, 0.2) is 48.1 Å². The van der Waals surface area contributed by atoms with E-state index in [0.717, 1.165) is 65.2 Å². The van der Waals surface area contributed by atoms with Gasteiger partial charge in [0.1, 0.15) is 17.1 Å². The number of aromatic nitrogens is 4. The van der Waals surface area contributed by atoms with Gasteiger partial charge < -0.3 is 19.8 Å². The van der Waals surface area contributed by atoms with Crippen LogP contribution in [0, 0.1) is 0 Å². The summed E-state index contributed by atoms with van der Waals surface area (Å²) in [7, 11) is 1.63. The van der Waals surface area contributed by atoms with Crippen LogP contribution in [0.2, 0.25) is 0 Å². The lowest BCUT2D eigenvalue weighted by Gasteiger charge is -2.37. The molecule has 0 amide bonds. The van der Waals surface area contributed by atoms with Crippen LogP contribution >= 0.6 is 11.3 Å². The Balaban J connectivity index is 1.40. The zero-order chi connectivity index (χ0) is 22.6. The summed E-state index contributed by atoms with van der Waals surface area (Å²) in [5.41, 5.74) is 2.60. The SMILES string of the molecule is COc1nc2ccccc2cc1-c1cnc([C@@H]2C[C@@H](NCc3nccs3)CCN2CC=O)[nH]1. The smallest absolute Gasteiger partial charge is 0.223 e. The number of carbonyl (C=O) groups is 1. The number of nitrogens with one attached hydrogen (secondary N) is 2. The Kier molecular flexibility index (Phi) is 6.43. The van der Waals surface area contributed by atoms with E-state index in [-0.39, 0.29) is 6.04 Å². The molecule has 0 radical (unpaired) electrons. The first-order valence-corrected chi connectivity index (χ1v) is 11.9. The van der Waals surface area contributed by atoms with Crippen LogP contribution in [-0.2, 0) is 11.3 Å². The number of pyridine rings is 1. The summed E-state index contributed by atoms with van der Waals surface area (Å²) >= 11 is 1.66. The number of nitrogens with zero attached hydrogens (tertiary/aromatic N) is 4. The normalized spacial score (nSPS) is 19.1. The summed E-state index contributed by atoms with van der Waals surface area (Å²) in [5.74, 6) is 1.41. The van der Waals surface area contributed by atoms with Gasteiger partial charge in [-0.1, -0.05) is 18.2 Å². The molecule has 4 heterocycles. The van der Waals surface area contributed by atoms with Gasteiger partial charge in [-0.25, -0.2) is 15.0 Å². The Morgan fingerprint density at radius 1 is 1.33 bits per heavy atom. The van der Waals surface area contributed by atoms with E-state index in [1.54, 1.807) is 18.4 Å². The monoisotopic (exact) mass is 462 g/mol. The highest BCUT2D eigenvalue weighted by Crippen LogP contribution is 2.34. The summed E-state index contributed by atoms with van der Waals surface area (Å²) in [6.45, 7) is 1.97. The lowest BCUT2D eigenvalue weighted by atomic mass is 9.96. The van der Waals surface area contributed by atoms with E-state index in [9.17, 15) is 4.79 Å². The molecule has 0 saturated carbocycles. The first-order chi connectivity index (χ1) is 16.2. The van der Waals surface area contributed by atoms with Gasteiger partial charge in [-0.15, -0.1) is 11.3 Å². The highest BCUT2D eigenvalue weighted by Gasteiger charge is 2.31. The van der Waals surface area contributed by atoms with Crippen molar-refractivity contribution in [3.05, 3.63) is 58.9 Å². The van der Waals surface area contributed by atoms with Crippen LogP contribution in [0.1, 0.15) is 29.7 Å². The molecule has 1 aromatic carbocycles. The minimum Gasteiger partial charge on any atom is -0.480 e. The van der Waals surface area contributed by atoms with Crippen molar-refractivity contribution in [2.45, 2.75) is 31.5 Å². The average molecular weight is 463 g/mol. The largest absolute Gasteiger partial charge is 0.480 e. The van der Waals surface area contributed by atoms with Crippen LogP contribution in [0.4, 0.5) is 0 Å². The van der Waals surface area contributed by atoms with Crippen LogP contribution in [-0.4, -0.2) is 57.4 Å². The molecule has 9 heteroatoms. The van der Waals surface area contributed by atoms with E-state index in [4.69, 9.17) is 9.72 Å². The third-order valence-electron chi connectivity index (χ3n) is 6.13. The lowest BCUT2D eigenvalue weighted by molar-refractivity contribution is -0.109. The number of rotatable bonds is 8. The fourth-order valence-electron chi connectivity index (χ4n) is 4.46. The highest BCUT2D eigenvalue weighted by molar-refractivity contribution is 7.09. The van der Waals surface area contributed by atoms with Crippen molar-refractivity contribution in [3.8, 4) is 17.1 Å². The van der Waals surface area contributed by atoms with Crippen LogP contribution in [0.25, 0.3) is 22.2 Å². The molecule has 0 bridgehead atoms. The number of likely N-dealkylation sites (tertiary alicyclic amines) is 1. The second kappa shape index (κ2) is 9.78. The molecule has 5 rings (SSSR count). The zero-order valence-corrected chi connectivity index (χ0v) is 19.2. The molecule has 2 N–H and O–H groups in total. The second-order valence-corrected chi connectivity index (χ2v) is 9.10. The van der Waals surface area contributed by atoms with Crippen LogP contribution < -0.4 is 10.1 Å². The fraction of sp³-hybridized carbons (Fsp3) is 0.333. The third kappa shape index (κ3) is 4.66. The predicted octanol–water partition coefficient (Wildman–Crippen LogP) is 3.58. The quantitative estimate of drug-likeness (QED) is 0.386. The van der Waals surface area contributed by atoms with Crippen LogP contribution in [0.5, 0.6) is 5.88 Å². The summed E-state index contributed by atoms with van der Waals surface area (Å²) < 4.78 is 5.58. The van der Waals surface area contributed by atoms with Crippen molar-refractivity contribution in [1.82, 2.24) is 30.2 Å². The standard InChI is InChI=1S/C24H26N6O2S/c1-32-24-18(12-16-4-2-3-5-19(16)29-24)20-14-27-23(28-20)21-13-17(6-8-30(21)9-10-31)26-15-22-25-7-11-33-22/h2-5,7,10-12,14,17,21,26H,6,8-9,13,15H2,1H3,(H,27,28)/t17-,21-/m0/s1. The molecule has 4 aromatic rings. The molecule has 0 spiro atoms. The molecule has 1 saturated heterocycles. The number of benzene rings is 1. The number of carbonyl (C=O) groups excluding carboxylic acids is 1. The molecule has 1 aliphatic rings. The van der Waals surface area contributed by atoms with E-state index >= 15 is 0 Å². The summed E-state index contributed by atoms with van der Waals surface area (Å²) in [5, 5.41) is 7.74. The molecule has 1 fully saturated rings. The molecule has 8 nitrogen and oxygen atoms in total. The number of fused-ring (bicyclic) bond motifs is 1. The fourth-order valence-corrected chi connectivity index (χ4v) is 5.03. The number of aromatic amines is 1. The Morgan fingerprint density at radius 3 is 3.06 bits per heavy atom. The number of imidazole rings is 1. The van der Waals surface area contributed by atoms with Gasteiger partial charge in [-0.3, -0.25) is 4.90 Å². The number of piperidine rings is 1. The number of methoxy groups -OCH3 is 1. The van der Waals surface area contributed by atoms with Gasteiger partial charge in [0.15, 0.2) is 0 Å². The number of ether oxygens (including phenoxy) is 1. The van der Waals surface area contributed by atoms with Gasteiger partial charge in [0.05, 0.1) is 42.7 Å². The van der Waals surface area contributed by atoms with Gasteiger partial charge in [0, 0.05) is 36.1 Å². The maximum atomic E-state index is 11.3. The first kappa shape index (κ1) is 21.7. The van der Waals surface area contributed by atoms with Crippen molar-refractivity contribution >= 4 is 28.5 Å². The van der Waals surface area contributed by atoms with E-state index in [2.05, 4.69) is 31.2 Å². The number of hydrogen-bond donors (Lipinski definition) is 2. The van der Waals surface area contributed by atoms with Crippen molar-refractivity contribution in [1.29, 1.82) is 0 Å². The Bertz CT molecular complexity index is 1220. The number of H-pyrrole nitrogens is 1. The van der Waals surface area contributed by atoms with E-state index in [1.165, 1.54) is 0 Å². The van der Waals surface area contributed by atoms with Crippen molar-refractivity contribution < 1.29 is 9.53 Å².